The molecule has 31 heavy (non-hydrogen) atoms. The van der Waals surface area contributed by atoms with E-state index in [4.69, 9.17) is 4.74 Å². The Balaban J connectivity index is 2.16. The third-order valence-electron chi connectivity index (χ3n) is 4.42. The van der Waals surface area contributed by atoms with E-state index in [1.807, 2.05) is 13.8 Å². The quantitative estimate of drug-likeness (QED) is 0.322. The number of carbonyl (C=O) groups is 2. The first-order chi connectivity index (χ1) is 14.7. The molecule has 0 aromatic heterocycles. The number of ether oxygens (including phenoxy) is 1. The van der Waals surface area contributed by atoms with Gasteiger partial charge in [-0.15, -0.1) is 0 Å². The van der Waals surface area contributed by atoms with Crippen LogP contribution < -0.4 is 10.0 Å². The van der Waals surface area contributed by atoms with Gasteiger partial charge < -0.3 is 10.1 Å². The van der Waals surface area contributed by atoms with Gasteiger partial charge in [0.05, 0.1) is 21.1 Å². The van der Waals surface area contributed by atoms with E-state index in [0.717, 1.165) is 25.0 Å². The Morgan fingerprint density at radius 1 is 1.10 bits per heavy atom. The summed E-state index contributed by atoms with van der Waals surface area (Å²) in [6.07, 6.45) is 1.47. The SMILES string of the molecule is CCC(CC)NC(=O)COC(=O)c1ccccc1NS(=O)(=O)c1cccc([N+](=O)[O-])c1. The lowest BCUT2D eigenvalue weighted by Gasteiger charge is -2.15. The van der Waals surface area contributed by atoms with Crippen molar-refractivity contribution < 1.29 is 27.7 Å². The summed E-state index contributed by atoms with van der Waals surface area (Å²) in [5.41, 5.74) is -0.578. The number of benzene rings is 2. The second-order valence-electron chi connectivity index (χ2n) is 6.56. The highest BCUT2D eigenvalue weighted by atomic mass is 32.2. The van der Waals surface area contributed by atoms with Gasteiger partial charge >= 0.3 is 5.97 Å². The predicted molar refractivity (Wildman–Crippen MR) is 113 cm³/mol. The summed E-state index contributed by atoms with van der Waals surface area (Å²) in [7, 11) is -4.22. The second-order valence-corrected chi connectivity index (χ2v) is 8.25. The molecular weight excluding hydrogens is 426 g/mol. The van der Waals surface area contributed by atoms with Crippen LogP contribution in [0.3, 0.4) is 0 Å². The standard InChI is InChI=1S/C20H23N3O7S/c1-3-14(4-2)21-19(24)13-30-20(25)17-10-5-6-11-18(17)22-31(28,29)16-9-7-8-15(12-16)23(26)27/h5-12,14,22H,3-4,13H2,1-2H3,(H,21,24). The third kappa shape index (κ3) is 6.51. The number of nitrogens with one attached hydrogen (secondary N) is 2. The Labute approximate surface area is 179 Å². The maximum Gasteiger partial charge on any atom is 0.340 e. The molecule has 2 aromatic rings. The van der Waals surface area contributed by atoms with E-state index in [2.05, 4.69) is 10.0 Å². The first-order valence-electron chi connectivity index (χ1n) is 9.50. The number of rotatable bonds is 10. The summed E-state index contributed by atoms with van der Waals surface area (Å²) in [5, 5.41) is 13.6. The number of para-hydroxylation sites is 1. The molecule has 0 fully saturated rings. The number of esters is 1. The molecule has 2 N–H and O–H groups in total. The van der Waals surface area contributed by atoms with Crippen LogP contribution in [0.1, 0.15) is 37.0 Å². The van der Waals surface area contributed by atoms with Crippen molar-refractivity contribution in [3.8, 4) is 0 Å². The third-order valence-corrected chi connectivity index (χ3v) is 5.78. The smallest absolute Gasteiger partial charge is 0.340 e. The number of anilines is 1. The number of carbonyl (C=O) groups excluding carboxylic acids is 2. The topological polar surface area (TPSA) is 145 Å². The molecule has 166 valence electrons. The van der Waals surface area contributed by atoms with Gasteiger partial charge in [-0.2, -0.15) is 0 Å². The first kappa shape index (κ1) is 23.8. The van der Waals surface area contributed by atoms with Crippen LogP contribution in [0.5, 0.6) is 0 Å². The van der Waals surface area contributed by atoms with Gasteiger partial charge in [-0.3, -0.25) is 19.6 Å². The molecule has 0 radical (unpaired) electrons. The first-order valence-corrected chi connectivity index (χ1v) is 11.0. The van der Waals surface area contributed by atoms with Crippen LogP contribution in [0.15, 0.2) is 53.4 Å². The zero-order chi connectivity index (χ0) is 23.0. The molecule has 0 aliphatic rings. The van der Waals surface area contributed by atoms with Crippen molar-refractivity contribution in [2.24, 2.45) is 0 Å². The number of amides is 1. The van der Waals surface area contributed by atoms with Crippen LogP contribution in [0.2, 0.25) is 0 Å². The molecule has 0 atom stereocenters. The number of nitrogens with zero attached hydrogens (tertiary/aromatic N) is 1. The monoisotopic (exact) mass is 449 g/mol. The average Bonchev–Trinajstić information content (AvgIpc) is 2.76. The normalized spacial score (nSPS) is 11.1. The summed E-state index contributed by atoms with van der Waals surface area (Å²) in [6, 6.07) is 10.2. The van der Waals surface area contributed by atoms with E-state index < -0.39 is 33.4 Å². The summed E-state index contributed by atoms with van der Waals surface area (Å²) < 4.78 is 32.6. The molecule has 0 spiro atoms. The van der Waals surface area contributed by atoms with Crippen molar-refractivity contribution in [3.63, 3.8) is 0 Å². The lowest BCUT2D eigenvalue weighted by molar-refractivity contribution is -0.385. The summed E-state index contributed by atoms with van der Waals surface area (Å²) in [4.78, 5) is 34.2. The van der Waals surface area contributed by atoms with E-state index in [9.17, 15) is 28.1 Å². The maximum atomic E-state index is 12.7. The van der Waals surface area contributed by atoms with Crippen molar-refractivity contribution >= 4 is 33.3 Å². The molecule has 0 saturated heterocycles. The van der Waals surface area contributed by atoms with Crippen LogP contribution in [-0.4, -0.2) is 37.9 Å². The highest BCUT2D eigenvalue weighted by Crippen LogP contribution is 2.23. The maximum absolute atomic E-state index is 12.7. The molecule has 0 unspecified atom stereocenters. The number of non-ortho nitro benzene ring substituents is 1. The van der Waals surface area contributed by atoms with Crippen molar-refractivity contribution in [2.45, 2.75) is 37.6 Å². The number of nitro groups is 1. The molecule has 2 rings (SSSR count). The van der Waals surface area contributed by atoms with Crippen LogP contribution in [-0.2, 0) is 19.6 Å². The molecule has 0 aliphatic heterocycles. The van der Waals surface area contributed by atoms with Crippen molar-refractivity contribution in [1.29, 1.82) is 0 Å². The highest BCUT2D eigenvalue weighted by Gasteiger charge is 2.22. The number of nitro benzene ring substituents is 1. The minimum absolute atomic E-state index is 0.0276. The lowest BCUT2D eigenvalue weighted by Crippen LogP contribution is -2.36. The molecular formula is C20H23N3O7S. The van der Waals surface area contributed by atoms with Crippen LogP contribution in [0.4, 0.5) is 11.4 Å². The van der Waals surface area contributed by atoms with Crippen LogP contribution >= 0.6 is 0 Å². The fourth-order valence-electron chi connectivity index (χ4n) is 2.69. The van der Waals surface area contributed by atoms with Crippen LogP contribution in [0, 0.1) is 10.1 Å². The molecule has 1 amide bonds. The van der Waals surface area contributed by atoms with E-state index in [1.54, 1.807) is 0 Å². The van der Waals surface area contributed by atoms with Gasteiger partial charge in [0.15, 0.2) is 6.61 Å². The molecule has 10 nitrogen and oxygen atoms in total. The highest BCUT2D eigenvalue weighted by molar-refractivity contribution is 7.92. The van der Waals surface area contributed by atoms with Crippen LogP contribution in [0.25, 0.3) is 0 Å². The minimum Gasteiger partial charge on any atom is -0.452 e. The number of hydrogen-bond acceptors (Lipinski definition) is 7. The Kier molecular flexibility index (Phi) is 8.08. The van der Waals surface area contributed by atoms with Crippen molar-refractivity contribution in [3.05, 3.63) is 64.2 Å². The van der Waals surface area contributed by atoms with E-state index in [1.165, 1.54) is 36.4 Å². The van der Waals surface area contributed by atoms with E-state index >= 15 is 0 Å². The Hall–Kier alpha value is -3.47. The molecule has 0 aliphatic carbocycles. The summed E-state index contributed by atoms with van der Waals surface area (Å²) in [6.45, 7) is 3.33. The van der Waals surface area contributed by atoms with Gasteiger partial charge in [0.2, 0.25) is 0 Å². The minimum atomic E-state index is -4.22. The molecule has 0 heterocycles. The zero-order valence-corrected chi connectivity index (χ0v) is 17.8. The summed E-state index contributed by atoms with van der Waals surface area (Å²) >= 11 is 0. The Bertz CT molecular complexity index is 1070. The average molecular weight is 449 g/mol. The fourth-order valence-corrected chi connectivity index (χ4v) is 3.81. The van der Waals surface area contributed by atoms with Gasteiger partial charge in [0.25, 0.3) is 21.6 Å². The van der Waals surface area contributed by atoms with Crippen molar-refractivity contribution in [1.82, 2.24) is 5.32 Å². The Morgan fingerprint density at radius 3 is 2.42 bits per heavy atom. The molecule has 0 saturated carbocycles. The van der Waals surface area contributed by atoms with E-state index in [0.29, 0.717) is 0 Å². The van der Waals surface area contributed by atoms with Gasteiger partial charge in [0.1, 0.15) is 0 Å². The van der Waals surface area contributed by atoms with Crippen molar-refractivity contribution in [2.75, 3.05) is 11.3 Å². The molecule has 0 bridgehead atoms. The van der Waals surface area contributed by atoms with Gasteiger partial charge in [-0.25, -0.2) is 13.2 Å². The van der Waals surface area contributed by atoms with Gasteiger partial charge in [-0.1, -0.05) is 32.0 Å². The fraction of sp³-hybridized carbons (Fsp3) is 0.300. The largest absolute Gasteiger partial charge is 0.452 e. The molecule has 2 aromatic carbocycles. The van der Waals surface area contributed by atoms with Gasteiger partial charge in [0, 0.05) is 18.2 Å². The van der Waals surface area contributed by atoms with Gasteiger partial charge in [-0.05, 0) is 31.0 Å². The lowest BCUT2D eigenvalue weighted by atomic mass is 10.2. The Morgan fingerprint density at radius 2 is 1.77 bits per heavy atom. The zero-order valence-electron chi connectivity index (χ0n) is 17.0. The summed E-state index contributed by atoms with van der Waals surface area (Å²) in [5.74, 6) is -1.35. The second kappa shape index (κ2) is 10.5. The number of sulfonamides is 1. The molecule has 11 heteroatoms. The number of hydrogen-bond donors (Lipinski definition) is 2. The van der Waals surface area contributed by atoms with E-state index in [-0.39, 0.29) is 27.9 Å². The predicted octanol–water partition coefficient (Wildman–Crippen LogP) is 2.86.